The Hall–Kier alpha value is -4.14. The molecule has 9 nitrogen and oxygen atoms in total. The van der Waals surface area contributed by atoms with E-state index in [1.807, 2.05) is 35.2 Å². The van der Waals surface area contributed by atoms with Crippen LogP contribution in [0.5, 0.6) is 5.75 Å². The van der Waals surface area contributed by atoms with Gasteiger partial charge in [-0.25, -0.2) is 9.78 Å². The molecule has 1 saturated heterocycles. The Kier molecular flexibility index (Phi) is 6.16. The lowest BCUT2D eigenvalue weighted by Gasteiger charge is -2.34. The number of urea groups is 1. The van der Waals surface area contributed by atoms with Crippen molar-refractivity contribution in [1.82, 2.24) is 14.9 Å². The van der Waals surface area contributed by atoms with Crippen molar-refractivity contribution in [3.8, 4) is 5.75 Å². The molecule has 0 aliphatic carbocycles. The maximum absolute atomic E-state index is 12.9. The van der Waals surface area contributed by atoms with Crippen LogP contribution in [0.3, 0.4) is 0 Å². The number of nitrogens with zero attached hydrogens (tertiary/aromatic N) is 4. The predicted octanol–water partition coefficient (Wildman–Crippen LogP) is 2.65. The van der Waals surface area contributed by atoms with Crippen LogP contribution < -0.4 is 20.7 Å². The summed E-state index contributed by atoms with van der Waals surface area (Å²) in [7, 11) is 1.51. The van der Waals surface area contributed by atoms with E-state index in [0.29, 0.717) is 43.4 Å². The van der Waals surface area contributed by atoms with Crippen LogP contribution >= 0.6 is 0 Å². The Morgan fingerprint density at radius 2 is 1.66 bits per heavy atom. The molecule has 2 aromatic carbocycles. The summed E-state index contributed by atoms with van der Waals surface area (Å²) in [6.07, 6.45) is 1.45. The van der Waals surface area contributed by atoms with Gasteiger partial charge in [-0.05, 0) is 24.3 Å². The van der Waals surface area contributed by atoms with E-state index in [0.717, 1.165) is 5.69 Å². The van der Waals surface area contributed by atoms with E-state index in [1.54, 1.807) is 29.2 Å². The fraction of sp³-hybridized carbons (Fsp3) is 0.217. The number of carbonyl (C=O) groups excluding carboxylic acids is 2. The van der Waals surface area contributed by atoms with Gasteiger partial charge < -0.3 is 25.6 Å². The molecule has 0 spiro atoms. The van der Waals surface area contributed by atoms with Gasteiger partial charge in [-0.2, -0.15) is 4.98 Å². The zero-order valence-electron chi connectivity index (χ0n) is 17.7. The van der Waals surface area contributed by atoms with Gasteiger partial charge in [0.05, 0.1) is 18.2 Å². The Labute approximate surface area is 185 Å². The van der Waals surface area contributed by atoms with Gasteiger partial charge in [0.15, 0.2) is 0 Å². The first kappa shape index (κ1) is 21.1. The summed E-state index contributed by atoms with van der Waals surface area (Å²) in [5.74, 6) is 0.706. The van der Waals surface area contributed by atoms with Crippen LogP contribution in [0.4, 0.5) is 22.2 Å². The number of amides is 2. The van der Waals surface area contributed by atoms with E-state index in [2.05, 4.69) is 15.3 Å². The molecular formula is C23H24N6O3. The minimum atomic E-state index is -0.297. The number of rotatable bonds is 5. The lowest BCUT2D eigenvalue weighted by Crippen LogP contribution is -2.50. The van der Waals surface area contributed by atoms with Crippen LogP contribution in [0.15, 0.2) is 60.8 Å². The molecule has 0 atom stereocenters. The summed E-state index contributed by atoms with van der Waals surface area (Å²) in [5, 5.41) is 2.89. The van der Waals surface area contributed by atoms with Gasteiger partial charge in [0, 0.05) is 38.1 Å². The number of ether oxygens (including phenoxy) is 1. The first-order chi connectivity index (χ1) is 15.6. The molecule has 2 heterocycles. The normalized spacial score (nSPS) is 13.5. The number of benzene rings is 2. The minimum absolute atomic E-state index is 0.107. The second-order valence-corrected chi connectivity index (χ2v) is 7.27. The lowest BCUT2D eigenvalue weighted by molar-refractivity contribution is 0.103. The zero-order chi connectivity index (χ0) is 22.5. The van der Waals surface area contributed by atoms with Gasteiger partial charge in [0.25, 0.3) is 0 Å². The highest BCUT2D eigenvalue weighted by atomic mass is 16.5. The minimum Gasteiger partial charge on any atom is -0.496 e. The maximum atomic E-state index is 12.9. The van der Waals surface area contributed by atoms with E-state index in [-0.39, 0.29) is 23.2 Å². The monoisotopic (exact) mass is 432 g/mol. The summed E-state index contributed by atoms with van der Waals surface area (Å²) in [6.45, 7) is 2.15. The fourth-order valence-electron chi connectivity index (χ4n) is 3.52. The van der Waals surface area contributed by atoms with Crippen molar-refractivity contribution >= 4 is 29.3 Å². The molecule has 9 heteroatoms. The third-order valence-electron chi connectivity index (χ3n) is 5.28. The molecule has 0 unspecified atom stereocenters. The molecule has 4 rings (SSSR count). The number of piperazine rings is 1. The van der Waals surface area contributed by atoms with Gasteiger partial charge in [0.1, 0.15) is 11.6 Å². The molecule has 3 N–H and O–H groups in total. The number of nitrogens with one attached hydrogen (secondary N) is 1. The number of hydrogen-bond donors (Lipinski definition) is 2. The number of para-hydroxylation sites is 2. The van der Waals surface area contributed by atoms with Crippen molar-refractivity contribution in [1.29, 1.82) is 0 Å². The lowest BCUT2D eigenvalue weighted by atomic mass is 10.0. The molecule has 0 saturated carbocycles. The topological polar surface area (TPSA) is 114 Å². The van der Waals surface area contributed by atoms with Crippen molar-refractivity contribution in [2.24, 2.45) is 0 Å². The van der Waals surface area contributed by atoms with Crippen LogP contribution in [0.25, 0.3) is 0 Å². The highest BCUT2D eigenvalue weighted by Gasteiger charge is 2.24. The second kappa shape index (κ2) is 9.34. The molecule has 1 aromatic heterocycles. The van der Waals surface area contributed by atoms with Crippen molar-refractivity contribution in [2.75, 3.05) is 49.2 Å². The van der Waals surface area contributed by atoms with Gasteiger partial charge in [-0.1, -0.05) is 30.3 Å². The van der Waals surface area contributed by atoms with Crippen LogP contribution in [0.2, 0.25) is 0 Å². The van der Waals surface area contributed by atoms with E-state index in [9.17, 15) is 9.59 Å². The van der Waals surface area contributed by atoms with Crippen LogP contribution in [0, 0.1) is 0 Å². The molecule has 32 heavy (non-hydrogen) atoms. The number of nitrogen functional groups attached to an aromatic ring is 1. The molecule has 1 aliphatic rings. The molecule has 2 amide bonds. The maximum Gasteiger partial charge on any atom is 0.321 e. The van der Waals surface area contributed by atoms with Crippen LogP contribution in [0.1, 0.15) is 15.9 Å². The molecule has 1 fully saturated rings. The second-order valence-electron chi connectivity index (χ2n) is 7.27. The number of aromatic nitrogens is 2. The fourth-order valence-corrected chi connectivity index (χ4v) is 3.52. The molecule has 1 aliphatic heterocycles. The third-order valence-corrected chi connectivity index (χ3v) is 5.28. The van der Waals surface area contributed by atoms with Gasteiger partial charge in [0.2, 0.25) is 11.7 Å². The summed E-state index contributed by atoms with van der Waals surface area (Å²) >= 11 is 0. The number of hydrogen-bond acceptors (Lipinski definition) is 7. The highest BCUT2D eigenvalue weighted by Crippen LogP contribution is 2.24. The Morgan fingerprint density at radius 3 is 2.34 bits per heavy atom. The van der Waals surface area contributed by atoms with Crippen molar-refractivity contribution in [3.05, 3.63) is 71.9 Å². The Balaban J connectivity index is 1.41. The first-order valence-electron chi connectivity index (χ1n) is 10.2. The zero-order valence-corrected chi connectivity index (χ0v) is 17.7. The average Bonchev–Trinajstić information content (AvgIpc) is 2.84. The predicted molar refractivity (Wildman–Crippen MR) is 122 cm³/mol. The molecular weight excluding hydrogens is 408 g/mol. The van der Waals surface area contributed by atoms with Crippen molar-refractivity contribution in [2.45, 2.75) is 0 Å². The van der Waals surface area contributed by atoms with Gasteiger partial charge in [-0.3, -0.25) is 4.79 Å². The molecule has 0 bridgehead atoms. The number of carbonyl (C=O) groups is 2. The quantitative estimate of drug-likeness (QED) is 0.596. The van der Waals surface area contributed by atoms with Gasteiger partial charge >= 0.3 is 6.03 Å². The SMILES string of the molecule is COc1ccccc1C(=O)c1cnc(N2CCN(C(=O)Nc3ccccc3)CC2)nc1N. The van der Waals surface area contributed by atoms with Crippen molar-refractivity contribution < 1.29 is 14.3 Å². The third kappa shape index (κ3) is 4.46. The van der Waals surface area contributed by atoms with Crippen LogP contribution in [-0.4, -0.2) is 60.0 Å². The first-order valence-corrected chi connectivity index (χ1v) is 10.2. The number of ketones is 1. The van der Waals surface area contributed by atoms with Gasteiger partial charge in [-0.15, -0.1) is 0 Å². The number of methoxy groups -OCH3 is 1. The van der Waals surface area contributed by atoms with Crippen molar-refractivity contribution in [3.63, 3.8) is 0 Å². The summed E-state index contributed by atoms with van der Waals surface area (Å²) in [4.78, 5) is 37.8. The Morgan fingerprint density at radius 1 is 0.969 bits per heavy atom. The summed E-state index contributed by atoms with van der Waals surface area (Å²) < 4.78 is 5.27. The highest BCUT2D eigenvalue weighted by molar-refractivity contribution is 6.13. The summed E-state index contributed by atoms with van der Waals surface area (Å²) in [6, 6.07) is 16.1. The van der Waals surface area contributed by atoms with E-state index in [4.69, 9.17) is 10.5 Å². The smallest absolute Gasteiger partial charge is 0.321 e. The molecule has 0 radical (unpaired) electrons. The number of anilines is 3. The largest absolute Gasteiger partial charge is 0.496 e. The number of nitrogens with two attached hydrogens (primary N) is 1. The van der Waals surface area contributed by atoms with E-state index < -0.39 is 0 Å². The molecule has 164 valence electrons. The van der Waals surface area contributed by atoms with Crippen LogP contribution in [-0.2, 0) is 0 Å². The standard InChI is InChI=1S/C23H24N6O3/c1-32-19-10-6-5-9-17(19)20(30)18-15-25-22(27-21(18)24)28-11-13-29(14-12-28)23(31)26-16-7-3-2-4-8-16/h2-10,15H,11-14H2,1H3,(H,26,31)(H2,24,25,27). The summed E-state index contributed by atoms with van der Waals surface area (Å²) in [5.41, 5.74) is 7.48. The average molecular weight is 432 g/mol. The van der Waals surface area contributed by atoms with E-state index >= 15 is 0 Å². The van der Waals surface area contributed by atoms with E-state index in [1.165, 1.54) is 13.3 Å². The Bertz CT molecular complexity index is 1110. The molecule has 3 aromatic rings.